The van der Waals surface area contributed by atoms with Gasteiger partial charge < -0.3 is 25.1 Å². The third kappa shape index (κ3) is 8.12. The first-order valence-electron chi connectivity index (χ1n) is 10.7. The number of hydrogen-bond donors (Lipinski definition) is 3. The lowest BCUT2D eigenvalue weighted by Crippen LogP contribution is -2.36. The third-order valence-corrected chi connectivity index (χ3v) is 4.74. The molecule has 33 heavy (non-hydrogen) atoms. The van der Waals surface area contributed by atoms with Gasteiger partial charge in [0.15, 0.2) is 11.7 Å². The highest BCUT2D eigenvalue weighted by atomic mass is 127. The molecule has 3 N–H and O–H groups in total. The number of carbonyl (C=O) groups is 1. The van der Waals surface area contributed by atoms with Crippen LogP contribution in [0.2, 0.25) is 0 Å². The average Bonchev–Trinajstić information content (AvgIpc) is 3.34. The van der Waals surface area contributed by atoms with E-state index in [2.05, 4.69) is 53.0 Å². The van der Waals surface area contributed by atoms with Crippen molar-refractivity contribution >= 4 is 41.5 Å². The van der Waals surface area contributed by atoms with E-state index >= 15 is 0 Å². The van der Waals surface area contributed by atoms with Crippen LogP contribution in [0.3, 0.4) is 0 Å². The molecule has 1 aromatic heterocycles. The Morgan fingerprint density at radius 2 is 1.88 bits per heavy atom. The van der Waals surface area contributed by atoms with Crippen molar-refractivity contribution in [2.75, 3.05) is 19.0 Å². The summed E-state index contributed by atoms with van der Waals surface area (Å²) in [5.74, 6) is 1.57. The van der Waals surface area contributed by atoms with Gasteiger partial charge in [-0.25, -0.2) is 0 Å². The zero-order valence-corrected chi connectivity index (χ0v) is 21.5. The van der Waals surface area contributed by atoms with E-state index in [4.69, 9.17) is 9.15 Å². The number of guanidine groups is 1. The van der Waals surface area contributed by atoms with Crippen molar-refractivity contribution in [3.8, 4) is 5.75 Å². The first kappa shape index (κ1) is 26.2. The molecule has 0 saturated heterocycles. The van der Waals surface area contributed by atoms with Crippen molar-refractivity contribution in [3.63, 3.8) is 0 Å². The Bertz CT molecular complexity index is 1050. The first-order chi connectivity index (χ1) is 15.6. The zero-order chi connectivity index (χ0) is 22.8. The van der Waals surface area contributed by atoms with Crippen molar-refractivity contribution in [3.05, 3.63) is 83.3 Å². The summed E-state index contributed by atoms with van der Waals surface area (Å²) in [4.78, 5) is 16.5. The molecule has 0 aliphatic rings. The van der Waals surface area contributed by atoms with Crippen LogP contribution in [0.15, 0.2) is 70.3 Å². The number of nitrogens with zero attached hydrogens (tertiary/aromatic N) is 1. The molecule has 0 fully saturated rings. The fraction of sp³-hybridized carbons (Fsp3) is 0.280. The molecular weight excluding hydrogens is 531 g/mol. The Balaban J connectivity index is 0.00000385. The Kier molecular flexibility index (Phi) is 10.8. The number of rotatable bonds is 9. The molecule has 0 bridgehead atoms. The number of anilines is 1. The summed E-state index contributed by atoms with van der Waals surface area (Å²) in [5.41, 5.74) is 3.95. The Morgan fingerprint density at radius 1 is 1.06 bits per heavy atom. The lowest BCUT2D eigenvalue weighted by atomic mass is 10.1. The van der Waals surface area contributed by atoms with Crippen LogP contribution in [0, 0.1) is 6.92 Å². The number of amides is 1. The SMILES string of the molecule is CCCOc1cc(C)ccc1CNC(=NC)NCc1cccc(NC(=O)c2ccco2)c1.I. The van der Waals surface area contributed by atoms with E-state index in [1.807, 2.05) is 24.3 Å². The summed E-state index contributed by atoms with van der Waals surface area (Å²) in [7, 11) is 1.74. The number of ether oxygens (including phenoxy) is 1. The molecule has 0 atom stereocenters. The van der Waals surface area contributed by atoms with Crippen molar-refractivity contribution in [2.24, 2.45) is 4.99 Å². The van der Waals surface area contributed by atoms with E-state index in [1.54, 1.807) is 19.2 Å². The van der Waals surface area contributed by atoms with Crippen molar-refractivity contribution < 1.29 is 13.9 Å². The summed E-state index contributed by atoms with van der Waals surface area (Å²) in [6, 6.07) is 17.2. The van der Waals surface area contributed by atoms with Gasteiger partial charge in [0.05, 0.1) is 12.9 Å². The maximum absolute atomic E-state index is 12.2. The quantitative estimate of drug-likeness (QED) is 0.192. The zero-order valence-electron chi connectivity index (χ0n) is 19.2. The number of aryl methyl sites for hydroxylation is 1. The summed E-state index contributed by atoms with van der Waals surface area (Å²) in [6.07, 6.45) is 2.44. The van der Waals surface area contributed by atoms with Crippen LogP contribution in [0.25, 0.3) is 0 Å². The molecule has 176 valence electrons. The fourth-order valence-corrected chi connectivity index (χ4v) is 3.10. The van der Waals surface area contributed by atoms with Gasteiger partial charge in [-0.3, -0.25) is 9.79 Å². The van der Waals surface area contributed by atoms with Crippen LogP contribution in [-0.2, 0) is 13.1 Å². The molecule has 3 rings (SSSR count). The second-order valence-electron chi connectivity index (χ2n) is 7.37. The van der Waals surface area contributed by atoms with Gasteiger partial charge in [0, 0.05) is 31.4 Å². The molecule has 0 aliphatic heterocycles. The maximum atomic E-state index is 12.2. The van der Waals surface area contributed by atoms with Crippen LogP contribution >= 0.6 is 24.0 Å². The number of carbonyl (C=O) groups excluding carboxylic acids is 1. The van der Waals surface area contributed by atoms with Gasteiger partial charge in [0.25, 0.3) is 5.91 Å². The predicted molar refractivity (Wildman–Crippen MR) is 143 cm³/mol. The van der Waals surface area contributed by atoms with Gasteiger partial charge in [-0.2, -0.15) is 0 Å². The fourth-order valence-electron chi connectivity index (χ4n) is 3.10. The maximum Gasteiger partial charge on any atom is 0.291 e. The van der Waals surface area contributed by atoms with Gasteiger partial charge in [0.1, 0.15) is 5.75 Å². The van der Waals surface area contributed by atoms with Crippen LogP contribution in [0.5, 0.6) is 5.75 Å². The number of furan rings is 1. The highest BCUT2D eigenvalue weighted by Crippen LogP contribution is 2.20. The molecular formula is C25H31IN4O3. The number of benzene rings is 2. The number of nitrogens with one attached hydrogen (secondary N) is 3. The van der Waals surface area contributed by atoms with E-state index in [-0.39, 0.29) is 35.6 Å². The Labute approximate surface area is 212 Å². The lowest BCUT2D eigenvalue weighted by molar-refractivity contribution is 0.0996. The minimum Gasteiger partial charge on any atom is -0.493 e. The minimum absolute atomic E-state index is 0. The lowest BCUT2D eigenvalue weighted by Gasteiger charge is -2.15. The molecule has 3 aromatic rings. The highest BCUT2D eigenvalue weighted by Gasteiger charge is 2.09. The second kappa shape index (κ2) is 13.5. The standard InChI is InChI=1S/C25H30N4O3.HI/c1-4-12-31-23-14-18(2)10-11-20(23)17-28-25(26-3)27-16-19-7-5-8-21(15-19)29-24(30)22-9-6-13-32-22;/h5-11,13-15H,4,12,16-17H2,1-3H3,(H,29,30)(H2,26,27,28);1H. The Morgan fingerprint density at radius 3 is 2.61 bits per heavy atom. The van der Waals surface area contributed by atoms with E-state index in [1.165, 1.54) is 11.8 Å². The van der Waals surface area contributed by atoms with Crippen LogP contribution in [-0.4, -0.2) is 25.5 Å². The normalized spacial score (nSPS) is 10.8. The highest BCUT2D eigenvalue weighted by molar-refractivity contribution is 14.0. The average molecular weight is 562 g/mol. The minimum atomic E-state index is -0.281. The molecule has 8 heteroatoms. The largest absolute Gasteiger partial charge is 0.493 e. The van der Waals surface area contributed by atoms with E-state index in [9.17, 15) is 4.79 Å². The van der Waals surface area contributed by atoms with E-state index < -0.39 is 0 Å². The summed E-state index contributed by atoms with van der Waals surface area (Å²) >= 11 is 0. The Hall–Kier alpha value is -3.01. The molecule has 0 radical (unpaired) electrons. The number of aliphatic imine (C=N–C) groups is 1. The number of hydrogen-bond acceptors (Lipinski definition) is 4. The van der Waals surface area contributed by atoms with Gasteiger partial charge in [0.2, 0.25) is 0 Å². The molecule has 2 aromatic carbocycles. The van der Waals surface area contributed by atoms with Crippen LogP contribution in [0.1, 0.15) is 40.6 Å². The molecule has 1 heterocycles. The summed E-state index contributed by atoms with van der Waals surface area (Å²) in [5, 5.41) is 9.48. The van der Waals surface area contributed by atoms with Gasteiger partial charge >= 0.3 is 0 Å². The molecule has 0 unspecified atom stereocenters. The van der Waals surface area contributed by atoms with Crippen molar-refractivity contribution in [1.82, 2.24) is 10.6 Å². The van der Waals surface area contributed by atoms with E-state index in [0.29, 0.717) is 31.3 Å². The molecule has 0 spiro atoms. The predicted octanol–water partition coefficient (Wildman–Crippen LogP) is 5.11. The molecule has 1 amide bonds. The van der Waals surface area contributed by atoms with Gasteiger partial charge in [-0.1, -0.05) is 31.2 Å². The smallest absolute Gasteiger partial charge is 0.291 e. The number of halogens is 1. The van der Waals surface area contributed by atoms with Gasteiger partial charge in [-0.15, -0.1) is 24.0 Å². The van der Waals surface area contributed by atoms with E-state index in [0.717, 1.165) is 23.3 Å². The summed E-state index contributed by atoms with van der Waals surface area (Å²) < 4.78 is 11.0. The van der Waals surface area contributed by atoms with Crippen molar-refractivity contribution in [1.29, 1.82) is 0 Å². The first-order valence-corrected chi connectivity index (χ1v) is 10.7. The molecule has 7 nitrogen and oxygen atoms in total. The summed E-state index contributed by atoms with van der Waals surface area (Å²) in [6.45, 7) is 5.99. The van der Waals surface area contributed by atoms with Crippen LogP contribution in [0.4, 0.5) is 5.69 Å². The van der Waals surface area contributed by atoms with Gasteiger partial charge in [-0.05, 0) is 54.8 Å². The van der Waals surface area contributed by atoms with Crippen LogP contribution < -0.4 is 20.7 Å². The van der Waals surface area contributed by atoms with Crippen molar-refractivity contribution in [2.45, 2.75) is 33.4 Å². The second-order valence-corrected chi connectivity index (χ2v) is 7.37. The topological polar surface area (TPSA) is 87.9 Å². The monoisotopic (exact) mass is 562 g/mol. The third-order valence-electron chi connectivity index (χ3n) is 4.74. The molecule has 0 aliphatic carbocycles. The molecule has 0 saturated carbocycles.